The van der Waals surface area contributed by atoms with E-state index in [4.69, 9.17) is 9.47 Å². The van der Waals surface area contributed by atoms with Crippen LogP contribution in [0, 0.1) is 5.92 Å². The molecular formula is C20H25NO3S. The molecule has 2 aromatic rings. The van der Waals surface area contributed by atoms with Crippen LogP contribution in [0.15, 0.2) is 30.3 Å². The molecule has 1 aliphatic rings. The van der Waals surface area contributed by atoms with Crippen LogP contribution in [0.1, 0.15) is 49.7 Å². The maximum Gasteiger partial charge on any atom is 0.261 e. The lowest BCUT2D eigenvalue weighted by atomic mass is 10.0. The van der Waals surface area contributed by atoms with Gasteiger partial charge in [0.15, 0.2) is 11.5 Å². The van der Waals surface area contributed by atoms with Gasteiger partial charge in [0.25, 0.3) is 5.91 Å². The van der Waals surface area contributed by atoms with Gasteiger partial charge in [-0.1, -0.05) is 26.7 Å². The highest BCUT2D eigenvalue weighted by molar-refractivity contribution is 7.17. The molecule has 1 aliphatic heterocycles. The molecule has 2 heterocycles. The third-order valence-electron chi connectivity index (χ3n) is 4.28. The van der Waals surface area contributed by atoms with Gasteiger partial charge < -0.3 is 14.8 Å². The van der Waals surface area contributed by atoms with E-state index < -0.39 is 0 Å². The fourth-order valence-electron chi connectivity index (χ4n) is 2.86. The molecule has 0 spiro atoms. The molecular weight excluding hydrogens is 334 g/mol. The highest BCUT2D eigenvalue weighted by atomic mass is 32.1. The molecule has 1 N–H and O–H groups in total. The van der Waals surface area contributed by atoms with Gasteiger partial charge in [-0.05, 0) is 55.2 Å². The number of amides is 1. The summed E-state index contributed by atoms with van der Waals surface area (Å²) < 4.78 is 10.8. The molecule has 134 valence electrons. The minimum absolute atomic E-state index is 0.00837. The summed E-state index contributed by atoms with van der Waals surface area (Å²) in [4.78, 5) is 14.2. The van der Waals surface area contributed by atoms with Crippen LogP contribution < -0.4 is 14.8 Å². The van der Waals surface area contributed by atoms with Gasteiger partial charge in [-0.3, -0.25) is 4.79 Å². The Balaban J connectivity index is 1.60. The highest BCUT2D eigenvalue weighted by Crippen LogP contribution is 2.37. The SMILES string of the molecule is CC(C)CCC[C@H](C)NC(=O)c1ccc(-c2ccc3c(c2)OCO3)s1. The van der Waals surface area contributed by atoms with Gasteiger partial charge in [0.05, 0.1) is 4.88 Å². The summed E-state index contributed by atoms with van der Waals surface area (Å²) in [6.07, 6.45) is 3.36. The Morgan fingerprint density at radius 2 is 1.92 bits per heavy atom. The molecule has 0 radical (unpaired) electrons. The average Bonchev–Trinajstić information content (AvgIpc) is 3.23. The van der Waals surface area contributed by atoms with Gasteiger partial charge in [0, 0.05) is 10.9 Å². The molecule has 0 unspecified atom stereocenters. The van der Waals surface area contributed by atoms with Crippen LogP contribution in [0.2, 0.25) is 0 Å². The molecule has 0 saturated carbocycles. The molecule has 1 aromatic carbocycles. The molecule has 1 atom stereocenters. The highest BCUT2D eigenvalue weighted by Gasteiger charge is 2.16. The Hall–Kier alpha value is -2.01. The first kappa shape index (κ1) is 17.8. The zero-order valence-corrected chi connectivity index (χ0v) is 15.8. The second kappa shape index (κ2) is 7.91. The van der Waals surface area contributed by atoms with Crippen LogP contribution >= 0.6 is 11.3 Å². The standard InChI is InChI=1S/C20H25NO3S/c1-13(2)5-4-6-14(3)21-20(22)19-10-9-18(25-19)15-7-8-16-17(11-15)24-12-23-16/h7-11,13-14H,4-6,12H2,1-3H3,(H,21,22)/t14-/m0/s1. The van der Waals surface area contributed by atoms with E-state index in [-0.39, 0.29) is 18.7 Å². The van der Waals surface area contributed by atoms with Crippen molar-refractivity contribution in [3.63, 3.8) is 0 Å². The van der Waals surface area contributed by atoms with E-state index in [9.17, 15) is 4.79 Å². The Kier molecular flexibility index (Phi) is 5.63. The topological polar surface area (TPSA) is 47.6 Å². The lowest BCUT2D eigenvalue weighted by Gasteiger charge is -2.13. The third-order valence-corrected chi connectivity index (χ3v) is 5.42. The number of carbonyl (C=O) groups is 1. The summed E-state index contributed by atoms with van der Waals surface area (Å²) in [6, 6.07) is 9.94. The van der Waals surface area contributed by atoms with Crippen molar-refractivity contribution in [2.75, 3.05) is 6.79 Å². The van der Waals surface area contributed by atoms with Crippen molar-refractivity contribution >= 4 is 17.2 Å². The van der Waals surface area contributed by atoms with E-state index >= 15 is 0 Å². The first-order valence-electron chi connectivity index (χ1n) is 8.83. The van der Waals surface area contributed by atoms with Crippen LogP contribution in [0.5, 0.6) is 11.5 Å². The molecule has 0 aliphatic carbocycles. The molecule has 0 fully saturated rings. The smallest absolute Gasteiger partial charge is 0.261 e. The summed E-state index contributed by atoms with van der Waals surface area (Å²) in [5, 5.41) is 3.10. The second-order valence-corrected chi connectivity index (χ2v) is 8.01. The van der Waals surface area contributed by atoms with Gasteiger partial charge in [-0.2, -0.15) is 0 Å². The van der Waals surface area contributed by atoms with Crippen LogP contribution in [-0.2, 0) is 0 Å². The monoisotopic (exact) mass is 359 g/mol. The molecule has 4 nitrogen and oxygen atoms in total. The molecule has 1 aromatic heterocycles. The number of carbonyl (C=O) groups excluding carboxylic acids is 1. The molecule has 0 saturated heterocycles. The fourth-order valence-corrected chi connectivity index (χ4v) is 3.77. The van der Waals surface area contributed by atoms with Gasteiger partial charge in [-0.15, -0.1) is 11.3 Å². The van der Waals surface area contributed by atoms with Gasteiger partial charge in [-0.25, -0.2) is 0 Å². The van der Waals surface area contributed by atoms with E-state index in [0.29, 0.717) is 5.92 Å². The van der Waals surface area contributed by atoms with Crippen molar-refractivity contribution in [3.05, 3.63) is 35.2 Å². The lowest BCUT2D eigenvalue weighted by molar-refractivity contribution is 0.0942. The van der Waals surface area contributed by atoms with Crippen molar-refractivity contribution in [2.45, 2.75) is 46.1 Å². The fraction of sp³-hybridized carbons (Fsp3) is 0.450. The van der Waals surface area contributed by atoms with Crippen LogP contribution in [-0.4, -0.2) is 18.7 Å². The predicted octanol–water partition coefficient (Wildman–Crippen LogP) is 5.09. The second-order valence-electron chi connectivity index (χ2n) is 6.93. The van der Waals surface area contributed by atoms with Crippen LogP contribution in [0.4, 0.5) is 0 Å². The van der Waals surface area contributed by atoms with Crippen LogP contribution in [0.3, 0.4) is 0 Å². The number of nitrogens with one attached hydrogen (secondary N) is 1. The number of hydrogen-bond acceptors (Lipinski definition) is 4. The first-order valence-corrected chi connectivity index (χ1v) is 9.65. The van der Waals surface area contributed by atoms with Crippen molar-refractivity contribution < 1.29 is 14.3 Å². The maximum absolute atomic E-state index is 12.4. The number of thiophene rings is 1. The quantitative estimate of drug-likeness (QED) is 0.749. The minimum atomic E-state index is 0.00837. The van der Waals surface area contributed by atoms with Gasteiger partial charge in [0.1, 0.15) is 0 Å². The zero-order chi connectivity index (χ0) is 17.8. The number of rotatable bonds is 7. The average molecular weight is 359 g/mol. The first-order chi connectivity index (χ1) is 12.0. The van der Waals surface area contributed by atoms with E-state index in [1.165, 1.54) is 17.8 Å². The molecule has 1 amide bonds. The lowest BCUT2D eigenvalue weighted by Crippen LogP contribution is -2.31. The largest absolute Gasteiger partial charge is 0.454 e. The summed E-state index contributed by atoms with van der Waals surface area (Å²) in [6.45, 7) is 6.80. The Bertz CT molecular complexity index is 738. The third kappa shape index (κ3) is 4.54. The number of benzene rings is 1. The van der Waals surface area contributed by atoms with Crippen molar-refractivity contribution in [1.29, 1.82) is 0 Å². The summed E-state index contributed by atoms with van der Waals surface area (Å²) in [5.41, 5.74) is 1.04. The maximum atomic E-state index is 12.4. The zero-order valence-electron chi connectivity index (χ0n) is 15.0. The molecule has 3 rings (SSSR count). The number of fused-ring (bicyclic) bond motifs is 1. The van der Waals surface area contributed by atoms with E-state index in [1.54, 1.807) is 0 Å². The minimum Gasteiger partial charge on any atom is -0.454 e. The van der Waals surface area contributed by atoms with Crippen LogP contribution in [0.25, 0.3) is 10.4 Å². The normalized spacial score (nSPS) is 13.9. The molecule has 25 heavy (non-hydrogen) atoms. The number of hydrogen-bond donors (Lipinski definition) is 1. The van der Waals surface area contributed by atoms with Crippen molar-refractivity contribution in [1.82, 2.24) is 5.32 Å². The molecule has 0 bridgehead atoms. The van der Waals surface area contributed by atoms with Gasteiger partial charge >= 0.3 is 0 Å². The Morgan fingerprint density at radius 1 is 1.12 bits per heavy atom. The Labute approximate surface area is 153 Å². The predicted molar refractivity (Wildman–Crippen MR) is 101 cm³/mol. The van der Waals surface area contributed by atoms with E-state index in [2.05, 4.69) is 26.1 Å². The molecule has 5 heteroatoms. The summed E-state index contributed by atoms with van der Waals surface area (Å²) >= 11 is 1.50. The summed E-state index contributed by atoms with van der Waals surface area (Å²) in [5.74, 6) is 2.25. The van der Waals surface area contributed by atoms with E-state index in [1.807, 2.05) is 30.3 Å². The Morgan fingerprint density at radius 3 is 2.72 bits per heavy atom. The van der Waals surface area contributed by atoms with E-state index in [0.717, 1.165) is 39.7 Å². The number of ether oxygens (including phenoxy) is 2. The summed E-state index contributed by atoms with van der Waals surface area (Å²) in [7, 11) is 0. The van der Waals surface area contributed by atoms with Crippen molar-refractivity contribution in [2.24, 2.45) is 5.92 Å². The van der Waals surface area contributed by atoms with Crippen molar-refractivity contribution in [3.8, 4) is 21.9 Å². The van der Waals surface area contributed by atoms with Gasteiger partial charge in [0.2, 0.25) is 6.79 Å².